The molecule has 0 fully saturated rings. The van der Waals surface area contributed by atoms with Crippen LogP contribution in [0.3, 0.4) is 0 Å². The van der Waals surface area contributed by atoms with Crippen molar-refractivity contribution < 1.29 is 0 Å². The van der Waals surface area contributed by atoms with Gasteiger partial charge in [-0.25, -0.2) is 4.98 Å². The van der Waals surface area contributed by atoms with Crippen LogP contribution in [0, 0.1) is 6.92 Å². The van der Waals surface area contributed by atoms with Crippen LogP contribution in [-0.4, -0.2) is 22.2 Å². The molecule has 0 saturated heterocycles. The van der Waals surface area contributed by atoms with E-state index in [1.54, 1.807) is 0 Å². The first kappa shape index (κ1) is 7.08. The predicted molar refractivity (Wildman–Crippen MR) is 37.3 cm³/mol. The van der Waals surface area contributed by atoms with E-state index in [1.807, 2.05) is 14.0 Å². The molecule has 10 heavy (non-hydrogen) atoms. The summed E-state index contributed by atoms with van der Waals surface area (Å²) in [5.74, 6) is 0. The van der Waals surface area contributed by atoms with Crippen molar-refractivity contribution in [3.8, 4) is 0 Å². The Kier molecular flexibility index (Phi) is 2.28. The van der Waals surface area contributed by atoms with Crippen LogP contribution in [0.4, 0.5) is 0 Å². The first-order chi connectivity index (χ1) is 4.84. The van der Waals surface area contributed by atoms with Gasteiger partial charge in [-0.05, 0) is 14.0 Å². The lowest BCUT2D eigenvalue weighted by atomic mass is 10.3. The zero-order valence-corrected chi connectivity index (χ0v) is 6.13. The van der Waals surface area contributed by atoms with Crippen molar-refractivity contribution in [3.05, 3.63) is 17.7 Å². The minimum atomic E-state index is 0.729. The normalized spacial score (nSPS) is 9.80. The molecule has 4 nitrogen and oxygen atoms in total. The van der Waals surface area contributed by atoms with Crippen LogP contribution in [0.25, 0.3) is 0 Å². The second-order valence-electron chi connectivity index (χ2n) is 2.02. The van der Waals surface area contributed by atoms with Gasteiger partial charge in [-0.2, -0.15) is 5.10 Å². The summed E-state index contributed by atoms with van der Waals surface area (Å²) >= 11 is 0. The fourth-order valence-corrected chi connectivity index (χ4v) is 0.686. The van der Waals surface area contributed by atoms with E-state index in [0.29, 0.717) is 0 Å². The van der Waals surface area contributed by atoms with Gasteiger partial charge in [0.25, 0.3) is 0 Å². The molecule has 0 aliphatic carbocycles. The molecule has 1 aromatic heterocycles. The van der Waals surface area contributed by atoms with E-state index in [2.05, 4.69) is 20.5 Å². The maximum atomic E-state index is 3.98. The molecule has 0 saturated carbocycles. The summed E-state index contributed by atoms with van der Waals surface area (Å²) < 4.78 is 0. The zero-order chi connectivity index (χ0) is 7.40. The van der Waals surface area contributed by atoms with Gasteiger partial charge < -0.3 is 5.32 Å². The molecule has 0 amide bonds. The third kappa shape index (κ3) is 1.48. The third-order valence-electron chi connectivity index (χ3n) is 1.24. The number of hydrogen-bond donors (Lipinski definition) is 1. The Labute approximate surface area is 59.7 Å². The van der Waals surface area contributed by atoms with Crippen molar-refractivity contribution in [1.82, 2.24) is 20.5 Å². The minimum Gasteiger partial charge on any atom is -0.314 e. The summed E-state index contributed by atoms with van der Waals surface area (Å²) in [5, 5.41) is 10.5. The largest absolute Gasteiger partial charge is 0.314 e. The number of aromatic nitrogens is 3. The Hall–Kier alpha value is -1.03. The second kappa shape index (κ2) is 3.22. The maximum Gasteiger partial charge on any atom is 0.138 e. The summed E-state index contributed by atoms with van der Waals surface area (Å²) in [7, 11) is 1.87. The molecule has 0 aliphatic heterocycles. The van der Waals surface area contributed by atoms with Gasteiger partial charge in [0.15, 0.2) is 0 Å². The molecule has 0 aromatic carbocycles. The van der Waals surface area contributed by atoms with Crippen LogP contribution in [0.5, 0.6) is 0 Å². The van der Waals surface area contributed by atoms with E-state index in [9.17, 15) is 0 Å². The second-order valence-corrected chi connectivity index (χ2v) is 2.02. The van der Waals surface area contributed by atoms with Crippen LogP contribution in [-0.2, 0) is 6.54 Å². The van der Waals surface area contributed by atoms with Gasteiger partial charge in [0.1, 0.15) is 6.33 Å². The van der Waals surface area contributed by atoms with Crippen LogP contribution >= 0.6 is 0 Å². The summed E-state index contributed by atoms with van der Waals surface area (Å²) in [4.78, 5) is 3.98. The van der Waals surface area contributed by atoms with Gasteiger partial charge in [0.2, 0.25) is 0 Å². The average molecular weight is 138 g/mol. The van der Waals surface area contributed by atoms with Crippen molar-refractivity contribution >= 4 is 0 Å². The Morgan fingerprint density at radius 1 is 1.60 bits per heavy atom. The van der Waals surface area contributed by atoms with Gasteiger partial charge in [0.05, 0.1) is 11.4 Å². The molecule has 54 valence electrons. The highest BCUT2D eigenvalue weighted by molar-refractivity contribution is 5.04. The Balaban J connectivity index is 2.81. The number of rotatable bonds is 2. The van der Waals surface area contributed by atoms with Gasteiger partial charge in [-0.3, -0.25) is 0 Å². The highest BCUT2D eigenvalue weighted by atomic mass is 15.1. The summed E-state index contributed by atoms with van der Waals surface area (Å²) in [6, 6.07) is 0. The van der Waals surface area contributed by atoms with Crippen LogP contribution in [0.1, 0.15) is 11.4 Å². The topological polar surface area (TPSA) is 50.7 Å². The zero-order valence-electron chi connectivity index (χ0n) is 6.13. The molecular weight excluding hydrogens is 128 g/mol. The molecule has 1 N–H and O–H groups in total. The van der Waals surface area contributed by atoms with E-state index in [4.69, 9.17) is 0 Å². The summed E-state index contributed by atoms with van der Waals surface area (Å²) in [6.07, 6.45) is 1.45. The molecule has 0 atom stereocenters. The number of nitrogens with one attached hydrogen (secondary N) is 1. The lowest BCUT2D eigenvalue weighted by Gasteiger charge is -1.98. The van der Waals surface area contributed by atoms with Crippen molar-refractivity contribution in [3.63, 3.8) is 0 Å². The lowest BCUT2D eigenvalue weighted by Crippen LogP contribution is -2.10. The first-order valence-corrected chi connectivity index (χ1v) is 3.12. The van der Waals surface area contributed by atoms with Crippen LogP contribution in [0.15, 0.2) is 6.33 Å². The molecule has 1 rings (SSSR count). The molecule has 0 spiro atoms. The Morgan fingerprint density at radius 3 is 3.00 bits per heavy atom. The van der Waals surface area contributed by atoms with Crippen LogP contribution in [0.2, 0.25) is 0 Å². The lowest BCUT2D eigenvalue weighted by molar-refractivity contribution is 0.741. The Morgan fingerprint density at radius 2 is 2.40 bits per heavy atom. The van der Waals surface area contributed by atoms with Gasteiger partial charge in [-0.15, -0.1) is 5.10 Å². The molecular formula is C6H10N4. The van der Waals surface area contributed by atoms with E-state index in [-0.39, 0.29) is 0 Å². The fourth-order valence-electron chi connectivity index (χ4n) is 0.686. The number of hydrogen-bond acceptors (Lipinski definition) is 4. The first-order valence-electron chi connectivity index (χ1n) is 3.12. The fraction of sp³-hybridized carbons (Fsp3) is 0.500. The van der Waals surface area contributed by atoms with E-state index in [1.165, 1.54) is 6.33 Å². The predicted octanol–water partition coefficient (Wildman–Crippen LogP) is -0.101. The molecule has 0 aliphatic rings. The summed E-state index contributed by atoms with van der Waals surface area (Å²) in [6.45, 7) is 2.65. The smallest absolute Gasteiger partial charge is 0.138 e. The molecule has 0 radical (unpaired) electrons. The average Bonchev–Trinajstić information content (AvgIpc) is 1.94. The van der Waals surface area contributed by atoms with Crippen molar-refractivity contribution in [2.75, 3.05) is 7.05 Å². The van der Waals surface area contributed by atoms with Crippen molar-refractivity contribution in [2.45, 2.75) is 13.5 Å². The van der Waals surface area contributed by atoms with Crippen LogP contribution < -0.4 is 5.32 Å². The van der Waals surface area contributed by atoms with Gasteiger partial charge in [-0.1, -0.05) is 0 Å². The number of nitrogens with zero attached hydrogens (tertiary/aromatic N) is 3. The molecule has 0 unspecified atom stereocenters. The molecule has 1 heterocycles. The third-order valence-corrected chi connectivity index (χ3v) is 1.24. The Bertz CT molecular complexity index is 211. The molecule has 1 aromatic rings. The molecule has 4 heteroatoms. The van der Waals surface area contributed by atoms with Gasteiger partial charge in [0, 0.05) is 6.54 Å². The van der Waals surface area contributed by atoms with E-state index in [0.717, 1.165) is 17.9 Å². The highest BCUT2D eigenvalue weighted by Gasteiger charge is 1.96. The monoisotopic (exact) mass is 138 g/mol. The van der Waals surface area contributed by atoms with Gasteiger partial charge >= 0.3 is 0 Å². The highest BCUT2D eigenvalue weighted by Crippen LogP contribution is 1.95. The standard InChI is InChI=1S/C6H10N4/c1-5-6(3-7-2)10-9-4-8-5/h4,7H,3H2,1-2H3. The van der Waals surface area contributed by atoms with E-state index < -0.39 is 0 Å². The van der Waals surface area contributed by atoms with Crippen molar-refractivity contribution in [2.24, 2.45) is 0 Å². The molecule has 0 bridgehead atoms. The van der Waals surface area contributed by atoms with Crippen molar-refractivity contribution in [1.29, 1.82) is 0 Å². The quantitative estimate of drug-likeness (QED) is 0.620. The summed E-state index contributed by atoms with van der Waals surface area (Å²) in [5.41, 5.74) is 1.84. The van der Waals surface area contributed by atoms with E-state index >= 15 is 0 Å². The minimum absolute atomic E-state index is 0.729. The number of aryl methyl sites for hydroxylation is 1. The SMILES string of the molecule is CNCc1nncnc1C. The maximum absolute atomic E-state index is 3.98.